The Bertz CT molecular complexity index is 484. The summed E-state index contributed by atoms with van der Waals surface area (Å²) >= 11 is 0. The zero-order valence-corrected chi connectivity index (χ0v) is 19.8. The van der Waals surface area contributed by atoms with Crippen LogP contribution in [0.5, 0.6) is 0 Å². The summed E-state index contributed by atoms with van der Waals surface area (Å²) in [5.41, 5.74) is -0.668. The van der Waals surface area contributed by atoms with Crippen molar-refractivity contribution in [2.24, 2.45) is 10.8 Å². The van der Waals surface area contributed by atoms with Crippen molar-refractivity contribution in [3.63, 3.8) is 0 Å². The van der Waals surface area contributed by atoms with Crippen molar-refractivity contribution in [3.8, 4) is 0 Å². The van der Waals surface area contributed by atoms with Crippen molar-refractivity contribution in [3.05, 3.63) is 35.9 Å². The highest BCUT2D eigenvalue weighted by molar-refractivity contribution is 5.25. The maximum Gasteiger partial charge on any atom is 0.112 e. The van der Waals surface area contributed by atoms with Crippen LogP contribution >= 0.6 is 0 Å². The molecule has 2 atom stereocenters. The van der Waals surface area contributed by atoms with Gasteiger partial charge in [-0.2, -0.15) is 0 Å². The minimum Gasteiger partial charge on any atom is -0.387 e. The molecule has 1 fully saturated rings. The lowest BCUT2D eigenvalue weighted by Gasteiger charge is -2.64. The van der Waals surface area contributed by atoms with Crippen molar-refractivity contribution in [1.82, 2.24) is 0 Å². The molecular formula is C24H46O2. The van der Waals surface area contributed by atoms with Crippen molar-refractivity contribution in [2.45, 2.75) is 107 Å². The molecule has 1 aromatic carbocycles. The number of rotatable bonds is 1. The Morgan fingerprint density at radius 2 is 1.08 bits per heavy atom. The Labute approximate surface area is 164 Å². The average molecular weight is 367 g/mol. The third kappa shape index (κ3) is 4.70. The molecule has 0 radical (unpaired) electrons. The van der Waals surface area contributed by atoms with Gasteiger partial charge in [-0.15, -0.1) is 0 Å². The molecule has 2 heteroatoms. The summed E-state index contributed by atoms with van der Waals surface area (Å²) in [6, 6.07) is 10.0. The van der Waals surface area contributed by atoms with E-state index < -0.39 is 5.60 Å². The molecule has 2 nitrogen and oxygen atoms in total. The molecule has 154 valence electrons. The van der Waals surface area contributed by atoms with Crippen molar-refractivity contribution < 1.29 is 9.84 Å². The van der Waals surface area contributed by atoms with Crippen molar-refractivity contribution >= 4 is 0 Å². The van der Waals surface area contributed by atoms with Crippen molar-refractivity contribution in [2.75, 3.05) is 0 Å². The van der Waals surface area contributed by atoms with Gasteiger partial charge in [0.2, 0.25) is 0 Å². The molecule has 0 aromatic heterocycles. The Hall–Kier alpha value is -0.860. The van der Waals surface area contributed by atoms with E-state index in [-0.39, 0.29) is 22.5 Å². The van der Waals surface area contributed by atoms with Gasteiger partial charge in [-0.25, -0.2) is 0 Å². The Balaban J connectivity index is 0. The van der Waals surface area contributed by atoms with Crippen LogP contribution in [0, 0.1) is 10.8 Å². The van der Waals surface area contributed by atoms with Crippen LogP contribution in [-0.4, -0.2) is 16.3 Å². The predicted octanol–water partition coefficient (Wildman–Crippen LogP) is 7.42. The molecule has 1 heterocycles. The second kappa shape index (κ2) is 10.5. The molecule has 1 saturated heterocycles. The summed E-state index contributed by atoms with van der Waals surface area (Å²) in [5, 5.41) is 11.3. The predicted molar refractivity (Wildman–Crippen MR) is 117 cm³/mol. The molecular weight excluding hydrogens is 320 g/mol. The van der Waals surface area contributed by atoms with E-state index in [9.17, 15) is 5.11 Å². The third-order valence-corrected chi connectivity index (χ3v) is 6.36. The van der Waals surface area contributed by atoms with Crippen LogP contribution in [-0.2, 0) is 4.74 Å². The average Bonchev–Trinajstić information content (AvgIpc) is 2.64. The summed E-state index contributed by atoms with van der Waals surface area (Å²) < 4.78 is 6.38. The topological polar surface area (TPSA) is 29.5 Å². The quantitative estimate of drug-likeness (QED) is 0.560. The summed E-state index contributed by atoms with van der Waals surface area (Å²) in [5.74, 6) is 0. The van der Waals surface area contributed by atoms with Gasteiger partial charge in [0.05, 0.1) is 11.2 Å². The highest BCUT2D eigenvalue weighted by Gasteiger charge is 2.64. The monoisotopic (exact) mass is 366 g/mol. The lowest BCUT2D eigenvalue weighted by Crippen LogP contribution is -2.67. The maximum absolute atomic E-state index is 11.3. The second-order valence-corrected chi connectivity index (χ2v) is 7.82. The first kappa shape index (κ1) is 27.4. The van der Waals surface area contributed by atoms with Crippen LogP contribution in [0.15, 0.2) is 30.3 Å². The molecule has 1 aromatic rings. The molecule has 1 N–H and O–H groups in total. The summed E-state index contributed by atoms with van der Waals surface area (Å²) in [4.78, 5) is 0. The highest BCUT2D eigenvalue weighted by atomic mass is 16.5. The molecule has 2 unspecified atom stereocenters. The van der Waals surface area contributed by atoms with Gasteiger partial charge in [0, 0.05) is 10.8 Å². The van der Waals surface area contributed by atoms with E-state index in [0.717, 1.165) is 5.56 Å². The van der Waals surface area contributed by atoms with E-state index in [1.165, 1.54) is 0 Å². The largest absolute Gasteiger partial charge is 0.387 e. The molecule has 0 aliphatic carbocycles. The molecule has 1 aliphatic rings. The van der Waals surface area contributed by atoms with Gasteiger partial charge in [-0.05, 0) is 26.3 Å². The number of ether oxygens (including phenoxy) is 1. The lowest BCUT2D eigenvalue weighted by molar-refractivity contribution is -0.319. The first-order chi connectivity index (χ1) is 12.0. The molecule has 1 aliphatic heterocycles. The van der Waals surface area contributed by atoms with E-state index in [2.05, 4.69) is 41.5 Å². The Kier molecular flexibility index (Phi) is 11.0. The zero-order valence-electron chi connectivity index (χ0n) is 19.8. The zero-order chi connectivity index (χ0) is 21.4. The fourth-order valence-electron chi connectivity index (χ4n) is 3.29. The highest BCUT2D eigenvalue weighted by Crippen LogP contribution is 2.62. The van der Waals surface area contributed by atoms with Gasteiger partial charge in [-0.3, -0.25) is 0 Å². The minimum atomic E-state index is -0.937. The summed E-state index contributed by atoms with van der Waals surface area (Å²) in [6.07, 6.45) is -0.318. The summed E-state index contributed by atoms with van der Waals surface area (Å²) in [6.45, 7) is 26.8. The Morgan fingerprint density at radius 1 is 0.692 bits per heavy atom. The standard InChI is InChI=1S/C18H28O2.3C2H6/c1-15(2)16(3,4)18(7,19)14(20-17(15,5)6)13-11-9-8-10-12-13;3*1-2/h8-12,14,19H,1-7H3;3*1-2H3. The first-order valence-corrected chi connectivity index (χ1v) is 10.4. The lowest BCUT2D eigenvalue weighted by atomic mass is 9.50. The van der Waals surface area contributed by atoms with E-state index >= 15 is 0 Å². The number of aliphatic hydroxyl groups is 1. The first-order valence-electron chi connectivity index (χ1n) is 10.4. The molecule has 26 heavy (non-hydrogen) atoms. The van der Waals surface area contributed by atoms with Crippen LogP contribution in [0.4, 0.5) is 0 Å². The van der Waals surface area contributed by atoms with Crippen LogP contribution in [0.3, 0.4) is 0 Å². The van der Waals surface area contributed by atoms with Crippen LogP contribution in [0.2, 0.25) is 0 Å². The van der Waals surface area contributed by atoms with E-state index in [4.69, 9.17) is 4.74 Å². The fourth-order valence-corrected chi connectivity index (χ4v) is 3.29. The number of benzene rings is 1. The van der Waals surface area contributed by atoms with Gasteiger partial charge < -0.3 is 9.84 Å². The SMILES string of the molecule is CC.CC.CC.CC1(C)OC(c2ccccc2)C(C)(O)C(C)(C)C1(C)C. The van der Waals surface area contributed by atoms with E-state index in [1.807, 2.05) is 78.8 Å². The van der Waals surface area contributed by atoms with Gasteiger partial charge in [-0.1, -0.05) is 99.6 Å². The third-order valence-electron chi connectivity index (χ3n) is 6.36. The molecule has 2 rings (SSSR count). The van der Waals surface area contributed by atoms with Crippen LogP contribution in [0.25, 0.3) is 0 Å². The number of hydrogen-bond donors (Lipinski definition) is 1. The normalized spacial score (nSPS) is 27.4. The van der Waals surface area contributed by atoms with Crippen LogP contribution < -0.4 is 0 Å². The maximum atomic E-state index is 11.3. The fraction of sp³-hybridized carbons (Fsp3) is 0.750. The molecule has 0 saturated carbocycles. The summed E-state index contributed by atoms with van der Waals surface area (Å²) in [7, 11) is 0. The second-order valence-electron chi connectivity index (χ2n) is 7.82. The van der Waals surface area contributed by atoms with E-state index in [0.29, 0.717) is 0 Å². The smallest absolute Gasteiger partial charge is 0.112 e. The van der Waals surface area contributed by atoms with Gasteiger partial charge in [0.25, 0.3) is 0 Å². The van der Waals surface area contributed by atoms with Crippen LogP contribution in [0.1, 0.15) is 102 Å². The molecule has 0 spiro atoms. The molecule has 0 bridgehead atoms. The van der Waals surface area contributed by atoms with Gasteiger partial charge in [0.1, 0.15) is 6.10 Å². The van der Waals surface area contributed by atoms with Gasteiger partial charge in [0.15, 0.2) is 0 Å². The van der Waals surface area contributed by atoms with Gasteiger partial charge >= 0.3 is 0 Å². The molecule has 0 amide bonds. The van der Waals surface area contributed by atoms with Crippen molar-refractivity contribution in [1.29, 1.82) is 0 Å². The van der Waals surface area contributed by atoms with E-state index in [1.54, 1.807) is 0 Å². The minimum absolute atomic E-state index is 0.158. The Morgan fingerprint density at radius 3 is 1.46 bits per heavy atom. The number of hydrogen-bond acceptors (Lipinski definition) is 2.